The summed E-state index contributed by atoms with van der Waals surface area (Å²) in [6.45, 7) is 8.09. The van der Waals surface area contributed by atoms with Gasteiger partial charge in [-0.1, -0.05) is 13.8 Å². The van der Waals surface area contributed by atoms with Gasteiger partial charge in [0.25, 0.3) is 5.69 Å². The Morgan fingerprint density at radius 2 is 1.94 bits per heavy atom. The summed E-state index contributed by atoms with van der Waals surface area (Å²) in [4.78, 5) is 27.1. The minimum atomic E-state index is -3.77. The van der Waals surface area contributed by atoms with Crippen LogP contribution in [-0.2, 0) is 14.8 Å². The van der Waals surface area contributed by atoms with Crippen LogP contribution in [0.3, 0.4) is 0 Å². The van der Waals surface area contributed by atoms with Crippen molar-refractivity contribution in [3.63, 3.8) is 0 Å². The predicted molar refractivity (Wildman–Crippen MR) is 122 cm³/mol. The molecule has 0 bridgehead atoms. The zero-order valence-corrected chi connectivity index (χ0v) is 19.6. The molecule has 0 radical (unpaired) electrons. The lowest BCUT2D eigenvalue weighted by Crippen LogP contribution is -2.49. The Balaban J connectivity index is 1.72. The van der Waals surface area contributed by atoms with Crippen molar-refractivity contribution in [1.29, 1.82) is 0 Å². The summed E-state index contributed by atoms with van der Waals surface area (Å²) in [7, 11) is -3.77. The molecule has 1 aromatic carbocycles. The third-order valence-corrected chi connectivity index (χ3v) is 7.91. The van der Waals surface area contributed by atoms with E-state index in [0.29, 0.717) is 58.0 Å². The first-order valence-electron chi connectivity index (χ1n) is 11.2. The SMILES string of the molecule is CCCNC(=O)CN1CCN(c2ccc(S(=O)(=O)N3CCCC(C)C3)cc2[N+](=O)[O-])CC1. The molecule has 2 heterocycles. The number of carbonyl (C=O) groups is 1. The van der Waals surface area contributed by atoms with Gasteiger partial charge < -0.3 is 10.2 Å². The zero-order chi connectivity index (χ0) is 23.3. The van der Waals surface area contributed by atoms with E-state index in [1.165, 1.54) is 16.4 Å². The fraction of sp³-hybridized carbons (Fsp3) is 0.667. The molecular formula is C21H33N5O5S. The summed E-state index contributed by atoms with van der Waals surface area (Å²) in [6.07, 6.45) is 2.66. The molecule has 2 aliphatic heterocycles. The van der Waals surface area contributed by atoms with E-state index >= 15 is 0 Å². The molecule has 2 saturated heterocycles. The Morgan fingerprint density at radius 3 is 2.56 bits per heavy atom. The van der Waals surface area contributed by atoms with E-state index in [1.54, 1.807) is 6.07 Å². The average molecular weight is 468 g/mol. The van der Waals surface area contributed by atoms with E-state index in [0.717, 1.165) is 19.3 Å². The molecule has 178 valence electrons. The molecule has 0 aliphatic carbocycles. The molecule has 0 aromatic heterocycles. The van der Waals surface area contributed by atoms with Crippen LogP contribution in [0.2, 0.25) is 0 Å². The van der Waals surface area contributed by atoms with E-state index in [-0.39, 0.29) is 22.4 Å². The van der Waals surface area contributed by atoms with Gasteiger partial charge in [-0.25, -0.2) is 8.42 Å². The van der Waals surface area contributed by atoms with E-state index in [9.17, 15) is 23.3 Å². The molecule has 10 nitrogen and oxygen atoms in total. The van der Waals surface area contributed by atoms with Crippen LogP contribution in [-0.4, -0.2) is 80.8 Å². The maximum Gasteiger partial charge on any atom is 0.293 e. The maximum absolute atomic E-state index is 13.1. The summed E-state index contributed by atoms with van der Waals surface area (Å²) in [5.41, 5.74) is 0.210. The fourth-order valence-corrected chi connectivity index (χ4v) is 5.88. The summed E-state index contributed by atoms with van der Waals surface area (Å²) in [5, 5.41) is 14.6. The molecule has 2 fully saturated rings. The number of rotatable bonds is 8. The van der Waals surface area contributed by atoms with Crippen LogP contribution < -0.4 is 10.2 Å². The molecule has 2 aliphatic rings. The number of hydrogen-bond donors (Lipinski definition) is 1. The molecule has 1 amide bonds. The molecule has 11 heteroatoms. The van der Waals surface area contributed by atoms with Crippen molar-refractivity contribution >= 4 is 27.3 Å². The van der Waals surface area contributed by atoms with Gasteiger partial charge in [-0.3, -0.25) is 19.8 Å². The normalized spacial score (nSPS) is 20.8. The molecule has 0 saturated carbocycles. The number of hydrogen-bond acceptors (Lipinski definition) is 7. The van der Waals surface area contributed by atoms with Crippen LogP contribution >= 0.6 is 0 Å². The van der Waals surface area contributed by atoms with Gasteiger partial charge >= 0.3 is 0 Å². The van der Waals surface area contributed by atoms with Crippen LogP contribution in [0.4, 0.5) is 11.4 Å². The number of sulfonamides is 1. The summed E-state index contributed by atoms with van der Waals surface area (Å²) in [5.74, 6) is 0.251. The second-order valence-electron chi connectivity index (χ2n) is 8.63. The number of amides is 1. The first kappa shape index (κ1) is 24.4. The van der Waals surface area contributed by atoms with Crippen molar-refractivity contribution in [1.82, 2.24) is 14.5 Å². The van der Waals surface area contributed by atoms with Crippen molar-refractivity contribution in [2.45, 2.75) is 38.0 Å². The molecule has 1 unspecified atom stereocenters. The third kappa shape index (κ3) is 5.76. The first-order chi connectivity index (χ1) is 15.2. The number of anilines is 1. The van der Waals surface area contributed by atoms with Gasteiger partial charge in [0.15, 0.2) is 0 Å². The zero-order valence-electron chi connectivity index (χ0n) is 18.8. The lowest BCUT2D eigenvalue weighted by molar-refractivity contribution is -0.384. The van der Waals surface area contributed by atoms with Crippen LogP contribution in [0.25, 0.3) is 0 Å². The number of nitrogens with one attached hydrogen (secondary N) is 1. The van der Waals surface area contributed by atoms with Crippen molar-refractivity contribution in [2.24, 2.45) is 5.92 Å². The highest BCUT2D eigenvalue weighted by Crippen LogP contribution is 2.33. The Bertz CT molecular complexity index is 931. The highest BCUT2D eigenvalue weighted by molar-refractivity contribution is 7.89. The molecule has 3 rings (SSSR count). The summed E-state index contributed by atoms with van der Waals surface area (Å²) >= 11 is 0. The maximum atomic E-state index is 13.1. The number of piperidine rings is 1. The number of piperazine rings is 1. The molecular weight excluding hydrogens is 434 g/mol. The van der Waals surface area contributed by atoms with Gasteiger partial charge in [0.1, 0.15) is 5.69 Å². The summed E-state index contributed by atoms with van der Waals surface area (Å²) in [6, 6.07) is 4.21. The lowest BCUT2D eigenvalue weighted by Gasteiger charge is -2.35. The second kappa shape index (κ2) is 10.6. The standard InChI is InChI=1S/C21H33N5O5S/c1-3-8-22-21(27)16-23-10-12-24(13-11-23)19-7-6-18(14-20(19)26(28)29)32(30,31)25-9-4-5-17(2)15-25/h6-7,14,17H,3-5,8-13,15-16H2,1-2H3,(H,22,27). The minimum absolute atomic E-state index is 0.0205. The second-order valence-corrected chi connectivity index (χ2v) is 10.6. The van der Waals surface area contributed by atoms with Crippen LogP contribution in [0, 0.1) is 16.0 Å². The van der Waals surface area contributed by atoms with Crippen LogP contribution in [0.5, 0.6) is 0 Å². The van der Waals surface area contributed by atoms with E-state index in [4.69, 9.17) is 0 Å². The van der Waals surface area contributed by atoms with Gasteiger partial charge in [-0.2, -0.15) is 4.31 Å². The smallest absolute Gasteiger partial charge is 0.293 e. The summed E-state index contributed by atoms with van der Waals surface area (Å²) < 4.78 is 27.6. The first-order valence-corrected chi connectivity index (χ1v) is 12.7. The molecule has 0 spiro atoms. The van der Waals surface area contributed by atoms with Gasteiger partial charge in [-0.15, -0.1) is 0 Å². The Labute approximate surface area is 189 Å². The van der Waals surface area contributed by atoms with Crippen molar-refractivity contribution in [3.05, 3.63) is 28.3 Å². The average Bonchev–Trinajstić information content (AvgIpc) is 2.77. The largest absolute Gasteiger partial charge is 0.363 e. The van der Waals surface area contributed by atoms with Gasteiger partial charge in [-0.05, 0) is 37.3 Å². The lowest BCUT2D eigenvalue weighted by atomic mass is 10.0. The van der Waals surface area contributed by atoms with Gasteiger partial charge in [0, 0.05) is 51.9 Å². The van der Waals surface area contributed by atoms with Gasteiger partial charge in [0.05, 0.1) is 16.4 Å². The number of nitrogens with zero attached hydrogens (tertiary/aromatic N) is 4. The van der Waals surface area contributed by atoms with Crippen LogP contribution in [0.1, 0.15) is 33.1 Å². The van der Waals surface area contributed by atoms with E-state index in [2.05, 4.69) is 5.32 Å². The van der Waals surface area contributed by atoms with Gasteiger partial charge in [0.2, 0.25) is 15.9 Å². The minimum Gasteiger partial charge on any atom is -0.363 e. The Morgan fingerprint density at radius 1 is 1.22 bits per heavy atom. The van der Waals surface area contributed by atoms with E-state index in [1.807, 2.05) is 23.6 Å². The number of nitro groups is 1. The molecule has 1 aromatic rings. The molecule has 1 atom stereocenters. The van der Waals surface area contributed by atoms with Crippen molar-refractivity contribution in [2.75, 3.05) is 57.3 Å². The predicted octanol–water partition coefficient (Wildman–Crippen LogP) is 1.66. The highest BCUT2D eigenvalue weighted by Gasteiger charge is 2.32. The van der Waals surface area contributed by atoms with Crippen molar-refractivity contribution in [3.8, 4) is 0 Å². The van der Waals surface area contributed by atoms with E-state index < -0.39 is 14.9 Å². The van der Waals surface area contributed by atoms with Crippen LogP contribution in [0.15, 0.2) is 23.1 Å². The Hall–Kier alpha value is -2.24. The molecule has 1 N–H and O–H groups in total. The molecule has 32 heavy (non-hydrogen) atoms. The fourth-order valence-electron chi connectivity index (χ4n) is 4.26. The van der Waals surface area contributed by atoms with Crippen molar-refractivity contribution < 1.29 is 18.1 Å². The Kier molecular flexibility index (Phi) is 8.07. The monoisotopic (exact) mass is 467 g/mol. The quantitative estimate of drug-likeness (QED) is 0.457. The topological polar surface area (TPSA) is 116 Å². The number of nitro benzene ring substituents is 1. The third-order valence-electron chi connectivity index (χ3n) is 6.05. The number of carbonyl (C=O) groups excluding carboxylic acids is 1. The highest BCUT2D eigenvalue weighted by atomic mass is 32.2. The number of benzene rings is 1.